The fraction of sp³-hybridized carbons (Fsp3) is 0.421. The molecule has 0 radical (unpaired) electrons. The maximum Gasteiger partial charge on any atom is 0.220 e. The average Bonchev–Trinajstić information content (AvgIpc) is 2.68. The molecule has 1 saturated heterocycles. The quantitative estimate of drug-likeness (QED) is 0.734. The predicted molar refractivity (Wildman–Crippen MR) is 104 cm³/mol. The number of carbonyl (C=O) groups excluding carboxylic acids is 1. The van der Waals surface area contributed by atoms with Crippen LogP contribution in [0.5, 0.6) is 0 Å². The lowest BCUT2D eigenvalue weighted by Crippen LogP contribution is -2.38. The van der Waals surface area contributed by atoms with Gasteiger partial charge in [0.25, 0.3) is 0 Å². The lowest BCUT2D eigenvalue weighted by molar-refractivity contribution is -0.123. The number of fused-ring (bicyclic) bond motifs is 2. The van der Waals surface area contributed by atoms with Crippen LogP contribution in [0.25, 0.3) is 0 Å². The van der Waals surface area contributed by atoms with Gasteiger partial charge in [-0.2, -0.15) is 0 Å². The van der Waals surface area contributed by atoms with E-state index in [0.717, 1.165) is 49.0 Å². The number of carbonyl (C=O) groups is 1. The van der Waals surface area contributed by atoms with Gasteiger partial charge in [0.1, 0.15) is 5.03 Å². The highest BCUT2D eigenvalue weighted by Gasteiger charge is 2.23. The van der Waals surface area contributed by atoms with Crippen LogP contribution in [0.1, 0.15) is 32.3 Å². The molecule has 0 bridgehead atoms. The van der Waals surface area contributed by atoms with Gasteiger partial charge in [0.15, 0.2) is 5.82 Å². The minimum absolute atomic E-state index is 0.0397. The molecule has 138 valence electrons. The number of nitrogens with two attached hydrogens (primary N) is 1. The third-order valence-corrected chi connectivity index (χ3v) is 5.63. The molecule has 1 aromatic heterocycles. The summed E-state index contributed by atoms with van der Waals surface area (Å²) in [6, 6.07) is 6.48. The Morgan fingerprint density at radius 2 is 2.00 bits per heavy atom. The van der Waals surface area contributed by atoms with Crippen LogP contribution < -0.4 is 11.1 Å². The van der Waals surface area contributed by atoms with Crippen LogP contribution >= 0.6 is 11.8 Å². The molecule has 3 N–H and O–H groups in total. The first-order valence-electron chi connectivity index (χ1n) is 9.09. The number of amides is 1. The number of hydrogen-bond acceptors (Lipinski definition) is 6. The number of anilines is 2. The van der Waals surface area contributed by atoms with Gasteiger partial charge >= 0.3 is 0 Å². The number of likely N-dealkylation sites (tertiary alicyclic amines) is 1. The second-order valence-corrected chi connectivity index (χ2v) is 7.25. The molecule has 3 heterocycles. The second kappa shape index (κ2) is 8.51. The molecule has 0 unspecified atom stereocenters. The number of nitrogens with one attached hydrogen (secondary N) is 1. The highest BCUT2D eigenvalue weighted by Crippen LogP contribution is 2.42. The van der Waals surface area contributed by atoms with Gasteiger partial charge in [-0.15, -0.1) is 0 Å². The van der Waals surface area contributed by atoms with Crippen LogP contribution in [0.4, 0.5) is 11.5 Å². The van der Waals surface area contributed by atoms with Crippen molar-refractivity contribution in [1.82, 2.24) is 14.9 Å². The van der Waals surface area contributed by atoms with Gasteiger partial charge in [0, 0.05) is 29.8 Å². The third kappa shape index (κ3) is 4.16. The molecule has 1 amide bonds. The van der Waals surface area contributed by atoms with E-state index in [-0.39, 0.29) is 11.8 Å². The molecule has 0 spiro atoms. The average molecular weight is 372 g/mol. The number of hydrogen-bond donors (Lipinski definition) is 2. The molecular formula is C19H25N5OS. The van der Waals surface area contributed by atoms with Crippen LogP contribution in [0.2, 0.25) is 0 Å². The summed E-state index contributed by atoms with van der Waals surface area (Å²) in [6.07, 6.45) is 5.13. The highest BCUT2D eigenvalue weighted by molar-refractivity contribution is 7.99. The number of primary amides is 1. The van der Waals surface area contributed by atoms with E-state index in [9.17, 15) is 4.79 Å². The number of nitrogens with zero attached hydrogens (tertiary/aromatic N) is 3. The minimum atomic E-state index is -0.163. The topological polar surface area (TPSA) is 84.1 Å². The van der Waals surface area contributed by atoms with Crippen molar-refractivity contribution in [2.24, 2.45) is 11.7 Å². The van der Waals surface area contributed by atoms with Crippen LogP contribution in [0, 0.1) is 5.92 Å². The van der Waals surface area contributed by atoms with Crippen LogP contribution in [0.3, 0.4) is 0 Å². The Labute approximate surface area is 158 Å². The van der Waals surface area contributed by atoms with Crippen molar-refractivity contribution in [2.45, 2.75) is 43.2 Å². The molecule has 7 heteroatoms. The predicted octanol–water partition coefficient (Wildman–Crippen LogP) is 3.41. The SMILES string of the molecule is CC.NC(=O)C1CCN(Cc2ccc3c(c2)Nc2nccnc2S3)CC1. The Kier molecular flexibility index (Phi) is 6.11. The first-order valence-corrected chi connectivity index (χ1v) is 9.91. The van der Waals surface area contributed by atoms with E-state index in [1.807, 2.05) is 13.8 Å². The van der Waals surface area contributed by atoms with Crippen molar-refractivity contribution in [3.8, 4) is 0 Å². The van der Waals surface area contributed by atoms with Gasteiger partial charge in [-0.3, -0.25) is 9.69 Å². The van der Waals surface area contributed by atoms with Crippen LogP contribution in [0.15, 0.2) is 40.5 Å². The minimum Gasteiger partial charge on any atom is -0.369 e. The zero-order valence-electron chi connectivity index (χ0n) is 15.2. The maximum absolute atomic E-state index is 11.3. The molecule has 4 rings (SSSR count). The molecule has 1 fully saturated rings. The van der Waals surface area contributed by atoms with Gasteiger partial charge in [0.05, 0.1) is 5.69 Å². The van der Waals surface area contributed by atoms with Crippen LogP contribution in [-0.4, -0.2) is 33.9 Å². The van der Waals surface area contributed by atoms with Crippen molar-refractivity contribution in [2.75, 3.05) is 18.4 Å². The van der Waals surface area contributed by atoms with E-state index in [4.69, 9.17) is 5.73 Å². The molecule has 1 aromatic carbocycles. The van der Waals surface area contributed by atoms with Crippen molar-refractivity contribution in [1.29, 1.82) is 0 Å². The summed E-state index contributed by atoms with van der Waals surface area (Å²) in [5.74, 6) is 0.691. The van der Waals surface area contributed by atoms with Gasteiger partial charge in [0.2, 0.25) is 5.91 Å². The zero-order chi connectivity index (χ0) is 18.5. The summed E-state index contributed by atoms with van der Waals surface area (Å²) >= 11 is 1.64. The van der Waals surface area contributed by atoms with E-state index < -0.39 is 0 Å². The lowest BCUT2D eigenvalue weighted by atomic mass is 9.96. The van der Waals surface area contributed by atoms with Crippen molar-refractivity contribution in [3.63, 3.8) is 0 Å². The summed E-state index contributed by atoms with van der Waals surface area (Å²) in [5.41, 5.74) is 7.74. The molecule has 2 aliphatic heterocycles. The van der Waals surface area contributed by atoms with E-state index in [2.05, 4.69) is 38.4 Å². The van der Waals surface area contributed by atoms with E-state index in [1.165, 1.54) is 10.5 Å². The molecule has 6 nitrogen and oxygen atoms in total. The highest BCUT2D eigenvalue weighted by atomic mass is 32.2. The molecule has 2 aliphatic rings. The van der Waals surface area contributed by atoms with Crippen molar-refractivity contribution >= 4 is 29.2 Å². The monoisotopic (exact) mass is 371 g/mol. The summed E-state index contributed by atoms with van der Waals surface area (Å²) < 4.78 is 0. The normalized spacial score (nSPS) is 16.5. The van der Waals surface area contributed by atoms with Gasteiger partial charge in [-0.05, 0) is 43.6 Å². The van der Waals surface area contributed by atoms with Gasteiger partial charge in [-0.1, -0.05) is 31.7 Å². The largest absolute Gasteiger partial charge is 0.369 e. The molecule has 0 atom stereocenters. The Hall–Kier alpha value is -2.12. The Morgan fingerprint density at radius 3 is 2.73 bits per heavy atom. The summed E-state index contributed by atoms with van der Waals surface area (Å²) in [4.78, 5) is 23.5. The van der Waals surface area contributed by atoms with Gasteiger partial charge in [-0.25, -0.2) is 9.97 Å². The van der Waals surface area contributed by atoms with Crippen LogP contribution in [-0.2, 0) is 11.3 Å². The summed E-state index contributed by atoms with van der Waals surface area (Å²) in [5, 5.41) is 4.27. The first-order chi connectivity index (χ1) is 12.7. The molecule has 0 aliphatic carbocycles. The smallest absolute Gasteiger partial charge is 0.220 e. The zero-order valence-corrected chi connectivity index (χ0v) is 16.1. The number of piperidine rings is 1. The summed E-state index contributed by atoms with van der Waals surface area (Å²) in [6.45, 7) is 6.72. The molecule has 26 heavy (non-hydrogen) atoms. The van der Waals surface area contributed by atoms with E-state index in [1.54, 1.807) is 24.2 Å². The lowest BCUT2D eigenvalue weighted by Gasteiger charge is -2.30. The Balaban J connectivity index is 0.000000948. The van der Waals surface area contributed by atoms with Crippen molar-refractivity contribution < 1.29 is 4.79 Å². The number of aromatic nitrogens is 2. The Bertz CT molecular complexity index is 774. The molecule has 2 aromatic rings. The fourth-order valence-corrected chi connectivity index (χ4v) is 4.09. The first kappa shape index (κ1) is 18.7. The standard InChI is InChI=1S/C17H19N5OS.C2H6/c18-15(23)12-3-7-22(8-4-12)10-11-1-2-14-13(9-11)21-16-17(24-14)20-6-5-19-16;1-2/h1-2,5-6,9,12H,3-4,7-8,10H2,(H2,18,23)(H,19,21);1-2H3. The third-order valence-electron chi connectivity index (χ3n) is 4.56. The summed E-state index contributed by atoms with van der Waals surface area (Å²) in [7, 11) is 0. The molecular weight excluding hydrogens is 346 g/mol. The van der Waals surface area contributed by atoms with Crippen molar-refractivity contribution in [3.05, 3.63) is 36.2 Å². The maximum atomic E-state index is 11.3. The van der Waals surface area contributed by atoms with E-state index >= 15 is 0 Å². The molecule has 0 saturated carbocycles. The Morgan fingerprint density at radius 1 is 1.27 bits per heavy atom. The van der Waals surface area contributed by atoms with E-state index in [0.29, 0.717) is 0 Å². The fourth-order valence-electron chi connectivity index (χ4n) is 3.21. The number of rotatable bonds is 3. The van der Waals surface area contributed by atoms with Gasteiger partial charge < -0.3 is 11.1 Å². The second-order valence-electron chi connectivity index (χ2n) is 6.22. The number of benzene rings is 1.